The Hall–Kier alpha value is -2.75. The van der Waals surface area contributed by atoms with Gasteiger partial charge in [0.25, 0.3) is 5.91 Å². The lowest BCUT2D eigenvalue weighted by molar-refractivity contribution is -0.111. The maximum Gasteiger partial charge on any atom is 0.342 e. The number of benzene rings is 1. The van der Waals surface area contributed by atoms with Gasteiger partial charge in [-0.3, -0.25) is 10.1 Å². The molecule has 0 radical (unpaired) electrons. The van der Waals surface area contributed by atoms with Crippen LogP contribution in [-0.4, -0.2) is 19.0 Å². The smallest absolute Gasteiger partial charge is 0.342 e. The molecule has 1 aromatic carbocycles. The van der Waals surface area contributed by atoms with E-state index in [1.807, 2.05) is 6.07 Å². The molecule has 1 amide bonds. The van der Waals surface area contributed by atoms with Crippen molar-refractivity contribution >= 4 is 47.0 Å². The van der Waals surface area contributed by atoms with Gasteiger partial charge in [0, 0.05) is 16.1 Å². The molecule has 2 rings (SSSR count). The van der Waals surface area contributed by atoms with E-state index in [1.54, 1.807) is 18.2 Å². The van der Waals surface area contributed by atoms with Gasteiger partial charge in [-0.1, -0.05) is 29.3 Å². The topological polar surface area (TPSA) is 92.3 Å². The molecule has 8 heteroatoms. The number of furan rings is 1. The Balaban J connectivity index is 2.22. The van der Waals surface area contributed by atoms with E-state index in [9.17, 15) is 14.9 Å². The van der Waals surface area contributed by atoms with Crippen LogP contribution in [-0.2, 0) is 9.53 Å². The largest absolute Gasteiger partial charge is 0.465 e. The molecular formula is C17H12Cl2N2O4. The zero-order valence-electron chi connectivity index (χ0n) is 13.2. The van der Waals surface area contributed by atoms with Gasteiger partial charge in [0.05, 0.1) is 7.11 Å². The molecule has 1 heterocycles. The summed E-state index contributed by atoms with van der Waals surface area (Å²) in [7, 11) is 1.19. The number of rotatable bonds is 4. The van der Waals surface area contributed by atoms with Crippen molar-refractivity contribution in [2.45, 2.75) is 6.92 Å². The number of carbonyl (C=O) groups is 2. The van der Waals surface area contributed by atoms with Gasteiger partial charge in [-0.25, -0.2) is 4.79 Å². The molecule has 0 spiro atoms. The van der Waals surface area contributed by atoms with Crippen molar-refractivity contribution in [1.29, 1.82) is 5.26 Å². The molecule has 0 aliphatic heterocycles. The number of nitrogens with one attached hydrogen (secondary N) is 1. The second-order valence-electron chi connectivity index (χ2n) is 4.83. The predicted octanol–water partition coefficient (Wildman–Crippen LogP) is 4.21. The number of anilines is 1. The fraction of sp³-hybridized carbons (Fsp3) is 0.118. The van der Waals surface area contributed by atoms with Crippen molar-refractivity contribution in [3.63, 3.8) is 0 Å². The zero-order valence-corrected chi connectivity index (χ0v) is 14.7. The predicted molar refractivity (Wildman–Crippen MR) is 93.6 cm³/mol. The highest BCUT2D eigenvalue weighted by atomic mass is 35.5. The summed E-state index contributed by atoms with van der Waals surface area (Å²) in [6.07, 6.45) is 2.70. The SMILES string of the molecule is COC(=O)c1c(C)oc(NC(=O)/C=C/c2ccc(Cl)cc2Cl)c1C#N. The number of nitriles is 1. The number of ether oxygens (including phenoxy) is 1. The van der Waals surface area contributed by atoms with Crippen molar-refractivity contribution in [3.8, 4) is 6.07 Å². The van der Waals surface area contributed by atoms with E-state index in [2.05, 4.69) is 10.1 Å². The number of nitrogens with zero attached hydrogens (tertiary/aromatic N) is 1. The minimum absolute atomic E-state index is 0.0231. The number of aryl methyl sites for hydroxylation is 1. The molecule has 1 aromatic heterocycles. The van der Waals surface area contributed by atoms with Crippen LogP contribution in [0.15, 0.2) is 28.7 Å². The van der Waals surface area contributed by atoms with Crippen LogP contribution in [0.1, 0.15) is 27.2 Å². The number of carbonyl (C=O) groups excluding carboxylic acids is 2. The molecule has 0 aliphatic rings. The van der Waals surface area contributed by atoms with Crippen molar-refractivity contribution in [2.24, 2.45) is 0 Å². The fourth-order valence-corrected chi connectivity index (χ4v) is 2.51. The lowest BCUT2D eigenvalue weighted by Gasteiger charge is -2.00. The molecule has 2 aromatic rings. The molecule has 0 aliphatic carbocycles. The zero-order chi connectivity index (χ0) is 18.6. The fourth-order valence-electron chi connectivity index (χ4n) is 2.04. The Bertz CT molecular complexity index is 910. The monoisotopic (exact) mass is 378 g/mol. The minimum Gasteiger partial charge on any atom is -0.465 e. The van der Waals surface area contributed by atoms with Gasteiger partial charge >= 0.3 is 5.97 Å². The molecule has 0 saturated carbocycles. The second kappa shape index (κ2) is 7.88. The summed E-state index contributed by atoms with van der Waals surface area (Å²) >= 11 is 11.8. The van der Waals surface area contributed by atoms with E-state index in [1.165, 1.54) is 26.2 Å². The van der Waals surface area contributed by atoms with Crippen molar-refractivity contribution in [1.82, 2.24) is 0 Å². The van der Waals surface area contributed by atoms with Gasteiger partial charge in [-0.2, -0.15) is 5.26 Å². The van der Waals surface area contributed by atoms with E-state index in [-0.39, 0.29) is 22.8 Å². The first kappa shape index (κ1) is 18.6. The van der Waals surface area contributed by atoms with Crippen molar-refractivity contribution in [2.75, 3.05) is 12.4 Å². The summed E-state index contributed by atoms with van der Waals surface area (Å²) < 4.78 is 9.89. The molecular weight excluding hydrogens is 367 g/mol. The maximum absolute atomic E-state index is 12.0. The average Bonchev–Trinajstić information content (AvgIpc) is 2.88. The van der Waals surface area contributed by atoms with Gasteiger partial charge in [0.2, 0.25) is 5.88 Å². The van der Waals surface area contributed by atoms with Gasteiger partial charge < -0.3 is 9.15 Å². The number of methoxy groups -OCH3 is 1. The van der Waals surface area contributed by atoms with Crippen LogP contribution in [0.3, 0.4) is 0 Å². The molecule has 0 atom stereocenters. The van der Waals surface area contributed by atoms with Gasteiger partial charge in [0.15, 0.2) is 0 Å². The normalized spacial score (nSPS) is 10.5. The Morgan fingerprint density at radius 2 is 2.08 bits per heavy atom. The third kappa shape index (κ3) is 4.21. The first-order valence-corrected chi connectivity index (χ1v) is 7.69. The molecule has 25 heavy (non-hydrogen) atoms. The molecule has 0 saturated heterocycles. The molecule has 0 fully saturated rings. The lowest BCUT2D eigenvalue weighted by atomic mass is 10.1. The molecule has 128 valence electrons. The number of hydrogen-bond acceptors (Lipinski definition) is 5. The van der Waals surface area contributed by atoms with Crippen LogP contribution in [0.4, 0.5) is 5.88 Å². The highest BCUT2D eigenvalue weighted by Crippen LogP contribution is 2.27. The van der Waals surface area contributed by atoms with E-state index in [0.717, 1.165) is 0 Å². The lowest BCUT2D eigenvalue weighted by Crippen LogP contribution is -2.09. The van der Waals surface area contributed by atoms with E-state index in [0.29, 0.717) is 15.6 Å². The summed E-state index contributed by atoms with van der Waals surface area (Å²) in [6, 6.07) is 6.66. The first-order chi connectivity index (χ1) is 11.9. The Morgan fingerprint density at radius 1 is 1.36 bits per heavy atom. The van der Waals surface area contributed by atoms with E-state index >= 15 is 0 Å². The average molecular weight is 379 g/mol. The molecule has 0 bridgehead atoms. The van der Waals surface area contributed by atoms with Crippen LogP contribution in [0.2, 0.25) is 10.0 Å². The van der Waals surface area contributed by atoms with Gasteiger partial charge in [-0.15, -0.1) is 0 Å². The first-order valence-electron chi connectivity index (χ1n) is 6.93. The molecule has 0 unspecified atom stereocenters. The van der Waals surface area contributed by atoms with Gasteiger partial charge in [-0.05, 0) is 30.7 Å². The van der Waals surface area contributed by atoms with Crippen LogP contribution in [0.5, 0.6) is 0 Å². The highest BCUT2D eigenvalue weighted by molar-refractivity contribution is 6.35. The Kier molecular flexibility index (Phi) is 5.86. The van der Waals surface area contributed by atoms with Crippen LogP contribution < -0.4 is 5.32 Å². The molecule has 6 nitrogen and oxygen atoms in total. The molecule has 1 N–H and O–H groups in total. The Morgan fingerprint density at radius 3 is 2.68 bits per heavy atom. The van der Waals surface area contributed by atoms with Crippen LogP contribution in [0, 0.1) is 18.3 Å². The van der Waals surface area contributed by atoms with Crippen molar-refractivity contribution < 1.29 is 18.7 Å². The van der Waals surface area contributed by atoms with E-state index < -0.39 is 11.9 Å². The standard InChI is InChI=1S/C17H12Cl2N2O4/c1-9-15(17(23)24-2)12(8-20)16(25-9)21-14(22)6-4-10-3-5-11(18)7-13(10)19/h3-7H,1-2H3,(H,21,22)/b6-4+. The quantitative estimate of drug-likeness (QED) is 0.635. The summed E-state index contributed by atoms with van der Waals surface area (Å²) in [5.41, 5.74) is 0.466. The number of hydrogen-bond donors (Lipinski definition) is 1. The van der Waals surface area contributed by atoms with Gasteiger partial charge in [0.1, 0.15) is 23.0 Å². The van der Waals surface area contributed by atoms with Crippen LogP contribution in [0.25, 0.3) is 6.08 Å². The summed E-state index contributed by atoms with van der Waals surface area (Å²) in [5, 5.41) is 12.5. The number of halogens is 2. The minimum atomic E-state index is -0.721. The maximum atomic E-state index is 12.0. The summed E-state index contributed by atoms with van der Waals surface area (Å²) in [6.45, 7) is 1.49. The summed E-state index contributed by atoms with van der Waals surface area (Å²) in [5.74, 6) is -1.24. The van der Waals surface area contributed by atoms with Crippen LogP contribution >= 0.6 is 23.2 Å². The summed E-state index contributed by atoms with van der Waals surface area (Å²) in [4.78, 5) is 23.7. The third-order valence-electron chi connectivity index (χ3n) is 3.20. The second-order valence-corrected chi connectivity index (χ2v) is 5.67. The van der Waals surface area contributed by atoms with Crippen molar-refractivity contribution in [3.05, 3.63) is 56.8 Å². The third-order valence-corrected chi connectivity index (χ3v) is 3.76. The van der Waals surface area contributed by atoms with E-state index in [4.69, 9.17) is 27.6 Å². The highest BCUT2D eigenvalue weighted by Gasteiger charge is 2.25. The number of esters is 1. The number of amides is 1. The Labute approximate surface area is 153 Å².